The first-order valence-corrected chi connectivity index (χ1v) is 24.9. The topological polar surface area (TPSA) is 192 Å². The molecule has 6 aliphatic rings. The van der Waals surface area contributed by atoms with Gasteiger partial charge in [0.1, 0.15) is 16.8 Å². The first-order valence-electron chi connectivity index (χ1n) is 24.9. The number of ether oxygens (including phenoxy) is 5. The molecule has 16 heteroatoms. The number of nitrogens with zero attached hydrogens (tertiary/aromatic N) is 3. The van der Waals surface area contributed by atoms with Crippen LogP contribution in [-0.2, 0) is 50.6 Å². The van der Waals surface area contributed by atoms with Crippen LogP contribution in [0.1, 0.15) is 102 Å². The van der Waals surface area contributed by atoms with Gasteiger partial charge in [-0.25, -0.2) is 9.59 Å². The predicted molar refractivity (Wildman–Crippen MR) is 264 cm³/mol. The number of H-pyrrole nitrogens is 1. The highest BCUT2D eigenvalue weighted by Crippen LogP contribution is 2.68. The van der Waals surface area contributed by atoms with E-state index in [2.05, 4.69) is 32.2 Å². The molecule has 2 bridgehead atoms. The maximum atomic E-state index is 15.6. The lowest BCUT2D eigenvalue weighted by Gasteiger charge is -2.63. The number of carbonyl (C=O) groups is 4. The maximum absolute atomic E-state index is 15.6. The molecule has 4 N–H and O–H groups in total. The Bertz CT molecular complexity index is 2660. The summed E-state index contributed by atoms with van der Waals surface area (Å²) in [7, 11) is 6.09. The van der Waals surface area contributed by atoms with Crippen molar-refractivity contribution in [2.45, 2.75) is 126 Å². The second-order valence-corrected chi connectivity index (χ2v) is 21.7. The van der Waals surface area contributed by atoms with Gasteiger partial charge in [0.2, 0.25) is 5.60 Å². The lowest BCUT2D eigenvalue weighted by atomic mass is 9.47. The number of carbonyl (C=O) groups excluding carboxylic acids is 4. The van der Waals surface area contributed by atoms with E-state index in [0.717, 1.165) is 27.6 Å². The normalized spacial score (nSPS) is 33.3. The second-order valence-electron chi connectivity index (χ2n) is 21.7. The minimum absolute atomic E-state index is 0.167. The maximum Gasteiger partial charge on any atom is 0.407 e. The number of aromatic nitrogens is 1. The zero-order chi connectivity index (χ0) is 50.3. The third-order valence-corrected chi connectivity index (χ3v) is 16.8. The van der Waals surface area contributed by atoms with Crippen molar-refractivity contribution in [3.8, 4) is 5.75 Å². The van der Waals surface area contributed by atoms with Gasteiger partial charge in [0.15, 0.2) is 6.10 Å². The van der Waals surface area contributed by atoms with Crippen LogP contribution in [0.3, 0.4) is 0 Å². The minimum atomic E-state index is -2.34. The van der Waals surface area contributed by atoms with Gasteiger partial charge in [-0.1, -0.05) is 44.2 Å². The summed E-state index contributed by atoms with van der Waals surface area (Å²) in [5.74, 6) is -1.77. The van der Waals surface area contributed by atoms with E-state index in [4.69, 9.17) is 23.7 Å². The average molecular weight is 966 g/mol. The summed E-state index contributed by atoms with van der Waals surface area (Å²) >= 11 is 0. The van der Waals surface area contributed by atoms with Gasteiger partial charge in [-0.3, -0.25) is 19.4 Å². The van der Waals surface area contributed by atoms with Crippen molar-refractivity contribution < 1.29 is 53.1 Å². The highest BCUT2D eigenvalue weighted by molar-refractivity contribution is 5.95. The molecule has 70 heavy (non-hydrogen) atoms. The lowest BCUT2D eigenvalue weighted by molar-refractivity contribution is -0.228. The Kier molecular flexibility index (Phi) is 12.5. The molecular weight excluding hydrogens is 895 g/mol. The fraction of sp³-hybridized carbons (Fsp3) is 0.593. The zero-order valence-electron chi connectivity index (χ0n) is 42.4. The van der Waals surface area contributed by atoms with Crippen molar-refractivity contribution in [3.63, 3.8) is 0 Å². The molecule has 16 nitrogen and oxygen atoms in total. The van der Waals surface area contributed by atoms with E-state index in [-0.39, 0.29) is 24.9 Å². The van der Waals surface area contributed by atoms with Crippen LogP contribution in [0.4, 0.5) is 10.5 Å². The number of fused-ring (bicyclic) bond motifs is 6. The van der Waals surface area contributed by atoms with Gasteiger partial charge in [-0.05, 0) is 107 Å². The number of methoxy groups -OCH3 is 3. The molecule has 3 aromatic rings. The van der Waals surface area contributed by atoms with Crippen LogP contribution < -0.4 is 15.0 Å². The van der Waals surface area contributed by atoms with E-state index in [1.165, 1.54) is 21.1 Å². The van der Waals surface area contributed by atoms with Crippen molar-refractivity contribution in [2.24, 2.45) is 11.3 Å². The number of amides is 1. The van der Waals surface area contributed by atoms with Gasteiger partial charge in [-0.2, -0.15) is 0 Å². The highest BCUT2D eigenvalue weighted by Gasteiger charge is 2.80. The summed E-state index contributed by atoms with van der Waals surface area (Å²) in [6.45, 7) is 14.0. The van der Waals surface area contributed by atoms with Crippen LogP contribution in [-0.4, -0.2) is 152 Å². The van der Waals surface area contributed by atoms with Crippen LogP contribution in [0.2, 0.25) is 0 Å². The molecule has 1 amide bonds. The number of anilines is 1. The number of nitrogens with one attached hydrogen (secondary N) is 2. The van der Waals surface area contributed by atoms with Crippen LogP contribution in [0, 0.1) is 11.3 Å². The fourth-order valence-electron chi connectivity index (χ4n) is 14.3. The first-order chi connectivity index (χ1) is 33.2. The molecule has 1 unspecified atom stereocenters. The molecule has 2 aromatic carbocycles. The Balaban J connectivity index is 1.28. The molecule has 1 aliphatic carbocycles. The van der Waals surface area contributed by atoms with Crippen molar-refractivity contribution in [2.75, 3.05) is 72.5 Å². The summed E-state index contributed by atoms with van der Waals surface area (Å²) in [5, 5.41) is 29.3. The van der Waals surface area contributed by atoms with Crippen molar-refractivity contribution in [1.29, 1.82) is 0 Å². The molecule has 9 rings (SSSR count). The Hall–Kier alpha value is -5.42. The number of esters is 3. The number of benzene rings is 2. The second kappa shape index (κ2) is 17.7. The molecule has 0 radical (unpaired) electrons. The van der Waals surface area contributed by atoms with Gasteiger partial charge in [-0.15, -0.1) is 0 Å². The van der Waals surface area contributed by atoms with E-state index >= 15 is 4.79 Å². The number of likely N-dealkylation sites (N-methyl/N-ethyl adjacent to an activating group) is 1. The van der Waals surface area contributed by atoms with E-state index in [1.54, 1.807) is 7.11 Å². The van der Waals surface area contributed by atoms with E-state index < -0.39 is 69.2 Å². The van der Waals surface area contributed by atoms with Gasteiger partial charge in [0, 0.05) is 97.5 Å². The summed E-state index contributed by atoms with van der Waals surface area (Å²) in [6, 6.07) is 8.79. The Morgan fingerprint density at radius 1 is 0.957 bits per heavy atom. The molecule has 6 heterocycles. The van der Waals surface area contributed by atoms with Gasteiger partial charge < -0.3 is 49.1 Å². The number of piperidine rings is 1. The molecular formula is C54H71N5O11. The smallest absolute Gasteiger partial charge is 0.407 e. The molecule has 2 saturated heterocycles. The van der Waals surface area contributed by atoms with E-state index in [9.17, 15) is 24.6 Å². The van der Waals surface area contributed by atoms with Crippen LogP contribution in [0.25, 0.3) is 17.0 Å². The largest absolute Gasteiger partial charge is 0.496 e. The minimum Gasteiger partial charge on any atom is -0.496 e. The van der Waals surface area contributed by atoms with Crippen molar-refractivity contribution >= 4 is 46.7 Å². The summed E-state index contributed by atoms with van der Waals surface area (Å²) in [5.41, 5.74) is -2.04. The average Bonchev–Trinajstić information content (AvgIpc) is 3.98. The van der Waals surface area contributed by atoms with Gasteiger partial charge in [0.05, 0.1) is 33.0 Å². The molecule has 1 aromatic heterocycles. The quantitative estimate of drug-likeness (QED) is 0.113. The summed E-state index contributed by atoms with van der Waals surface area (Å²) in [4.78, 5) is 66.1. The van der Waals surface area contributed by atoms with E-state index in [1.807, 2.05) is 89.1 Å². The Labute approximate surface area is 410 Å². The number of aliphatic hydroxyl groups is 2. The first kappa shape index (κ1) is 49.6. The SMILES string of the molecule is CC[C@]1(O)C[C@H]2CN(CCc3c([nH]c4ccc(C=CCNC(=O)OC(C)(C)C)cc34)[C@@](C(=O)OC)(c3cc4c(cc3OC)N(C)[C@H]3[C@@](O)(C(=O)OC)[C@H](OC(C)=O)[C@]5(CC)C=CCN6CC[C@]43[C@@H]65)C2)C1. The molecule has 378 valence electrons. The fourth-order valence-corrected chi connectivity index (χ4v) is 14.3. The standard InChI is InChI=1S/C54H71N5O11/c1-11-50(64)28-34-29-53(46(61)67-9,42-35(18-23-58(30-34)31-50)36-25-33(16-17-39(36)56-42)15-13-21-55-48(63)70-49(4,5)6)38-26-37-40(27-41(38)66-8)57(7)44-52(37)20-24-59-22-14-19-51(12-2,43(52)59)45(69-32(3)60)54(44,65)47(62)68-10/h13-17,19,25-27,34,43-45,56,64-65H,11-12,18,20-24,28-31H2,1-10H3,(H,55,63)/t34-,43+,44-,45-,50+,51-,52-,53+,54+/m1/s1. The van der Waals surface area contributed by atoms with Crippen molar-refractivity contribution in [1.82, 2.24) is 20.1 Å². The van der Waals surface area contributed by atoms with Crippen LogP contribution in [0.15, 0.2) is 48.6 Å². The Morgan fingerprint density at radius 2 is 1.71 bits per heavy atom. The van der Waals surface area contributed by atoms with Crippen molar-refractivity contribution in [3.05, 3.63) is 76.5 Å². The third kappa shape index (κ3) is 7.44. The van der Waals surface area contributed by atoms with E-state index in [0.29, 0.717) is 87.5 Å². The third-order valence-electron chi connectivity index (χ3n) is 16.8. The monoisotopic (exact) mass is 966 g/mol. The molecule has 5 aliphatic heterocycles. The molecule has 1 saturated carbocycles. The number of hydrogen-bond acceptors (Lipinski definition) is 14. The van der Waals surface area contributed by atoms with Crippen LogP contribution >= 0.6 is 0 Å². The number of aromatic amines is 1. The zero-order valence-corrected chi connectivity index (χ0v) is 42.4. The molecule has 10 atom stereocenters. The predicted octanol–water partition coefficient (Wildman–Crippen LogP) is 5.53. The summed E-state index contributed by atoms with van der Waals surface area (Å²) in [6.07, 6.45) is 8.87. The Morgan fingerprint density at radius 3 is 2.39 bits per heavy atom. The number of hydrogen-bond donors (Lipinski definition) is 4. The lowest BCUT2D eigenvalue weighted by Crippen LogP contribution is -2.81. The summed E-state index contributed by atoms with van der Waals surface area (Å²) < 4.78 is 29.6. The number of alkyl carbamates (subject to hydrolysis) is 1. The van der Waals surface area contributed by atoms with Crippen LogP contribution in [0.5, 0.6) is 5.75 Å². The molecule has 3 fully saturated rings. The van der Waals surface area contributed by atoms with Gasteiger partial charge >= 0.3 is 24.0 Å². The van der Waals surface area contributed by atoms with Gasteiger partial charge in [0.25, 0.3) is 0 Å². The molecule has 1 spiro atoms. The number of rotatable bonds is 10. The highest BCUT2D eigenvalue weighted by atomic mass is 16.6.